The average Bonchev–Trinajstić information content (AvgIpc) is 2.89. The Morgan fingerprint density at radius 1 is 1.37 bits per heavy atom. The average molecular weight is 264 g/mol. The van der Waals surface area contributed by atoms with Crippen LogP contribution in [0.15, 0.2) is 30.5 Å². The number of nitrogens with zero attached hydrogens (tertiary/aromatic N) is 3. The third-order valence-electron chi connectivity index (χ3n) is 2.84. The van der Waals surface area contributed by atoms with E-state index in [1.165, 1.54) is 0 Å². The van der Waals surface area contributed by atoms with Crippen LogP contribution in [0.4, 0.5) is 4.39 Å². The minimum Gasteiger partial charge on any atom is -0.387 e. The third-order valence-corrected chi connectivity index (χ3v) is 2.84. The molecule has 102 valence electrons. The third kappa shape index (κ3) is 3.36. The maximum absolute atomic E-state index is 12.3. The summed E-state index contributed by atoms with van der Waals surface area (Å²) in [6, 6.07) is 7.03. The van der Waals surface area contributed by atoms with E-state index < -0.39 is 18.8 Å². The van der Waals surface area contributed by atoms with E-state index in [0.717, 1.165) is 11.3 Å². The Balaban J connectivity index is 2.13. The second-order valence-electron chi connectivity index (χ2n) is 4.55. The molecular formula is C13H17FN4O. The first kappa shape index (κ1) is 13.6. The minimum absolute atomic E-state index is 0.459. The van der Waals surface area contributed by atoms with Gasteiger partial charge in [0.2, 0.25) is 0 Å². The van der Waals surface area contributed by atoms with Gasteiger partial charge in [0.1, 0.15) is 12.4 Å². The smallest absolute Gasteiger partial charge is 0.111 e. The van der Waals surface area contributed by atoms with E-state index in [9.17, 15) is 9.50 Å². The van der Waals surface area contributed by atoms with Gasteiger partial charge in [-0.1, -0.05) is 17.3 Å². The Bertz CT molecular complexity index is 524. The molecule has 0 spiro atoms. The van der Waals surface area contributed by atoms with Crippen molar-refractivity contribution in [1.29, 1.82) is 0 Å². The lowest BCUT2D eigenvalue weighted by atomic mass is 10.1. The molecule has 0 aliphatic heterocycles. The zero-order valence-electron chi connectivity index (χ0n) is 10.7. The molecule has 0 fully saturated rings. The molecule has 2 unspecified atom stereocenters. The van der Waals surface area contributed by atoms with Gasteiger partial charge in [-0.15, -0.1) is 5.10 Å². The largest absolute Gasteiger partial charge is 0.387 e. The highest BCUT2D eigenvalue weighted by Crippen LogP contribution is 2.13. The molecule has 2 aromatic rings. The van der Waals surface area contributed by atoms with Gasteiger partial charge >= 0.3 is 0 Å². The van der Waals surface area contributed by atoms with Gasteiger partial charge in [0.15, 0.2) is 0 Å². The van der Waals surface area contributed by atoms with Crippen molar-refractivity contribution in [1.82, 2.24) is 15.0 Å². The van der Waals surface area contributed by atoms with Crippen LogP contribution < -0.4 is 5.73 Å². The standard InChI is InChI=1S/C13H17FN4O/c1-9(19)13-8-18(17-16-13)12-4-2-10(3-5-12)6-11(15)7-14/h2-5,8-9,11,19H,6-7,15H2,1H3. The van der Waals surface area contributed by atoms with Crippen molar-refractivity contribution in [2.24, 2.45) is 5.73 Å². The number of aliphatic hydroxyl groups excluding tert-OH is 1. The molecule has 0 saturated carbocycles. The van der Waals surface area contributed by atoms with Crippen LogP contribution in [0, 0.1) is 0 Å². The SMILES string of the molecule is CC(O)c1cn(-c2ccc(CC(N)CF)cc2)nn1. The first-order chi connectivity index (χ1) is 9.10. The summed E-state index contributed by atoms with van der Waals surface area (Å²) in [5.41, 5.74) is 7.88. The fourth-order valence-electron chi connectivity index (χ4n) is 1.74. The summed E-state index contributed by atoms with van der Waals surface area (Å²) in [7, 11) is 0. The van der Waals surface area contributed by atoms with E-state index in [0.29, 0.717) is 12.1 Å². The van der Waals surface area contributed by atoms with Crippen LogP contribution in [-0.4, -0.2) is 32.8 Å². The van der Waals surface area contributed by atoms with Crippen molar-refractivity contribution in [2.45, 2.75) is 25.5 Å². The molecule has 1 heterocycles. The van der Waals surface area contributed by atoms with Crippen LogP contribution in [-0.2, 0) is 6.42 Å². The number of nitrogens with two attached hydrogens (primary N) is 1. The molecule has 0 saturated heterocycles. The van der Waals surface area contributed by atoms with Gasteiger partial charge in [0, 0.05) is 6.04 Å². The normalized spacial score (nSPS) is 14.3. The van der Waals surface area contributed by atoms with Crippen molar-refractivity contribution in [3.63, 3.8) is 0 Å². The van der Waals surface area contributed by atoms with E-state index in [2.05, 4.69) is 10.3 Å². The molecule has 2 atom stereocenters. The molecule has 2 rings (SSSR count). The maximum atomic E-state index is 12.3. The van der Waals surface area contributed by atoms with E-state index in [-0.39, 0.29) is 0 Å². The molecule has 0 radical (unpaired) electrons. The first-order valence-corrected chi connectivity index (χ1v) is 6.11. The van der Waals surface area contributed by atoms with Crippen LogP contribution >= 0.6 is 0 Å². The summed E-state index contributed by atoms with van der Waals surface area (Å²) in [6.45, 7) is 1.11. The van der Waals surface area contributed by atoms with Crippen molar-refractivity contribution in [3.05, 3.63) is 41.7 Å². The Morgan fingerprint density at radius 3 is 2.58 bits per heavy atom. The van der Waals surface area contributed by atoms with Crippen LogP contribution in [0.25, 0.3) is 5.69 Å². The lowest BCUT2D eigenvalue weighted by Gasteiger charge is -2.07. The molecule has 5 nitrogen and oxygen atoms in total. The Kier molecular flexibility index (Phi) is 4.24. The second kappa shape index (κ2) is 5.90. The highest BCUT2D eigenvalue weighted by molar-refractivity contribution is 5.34. The molecule has 0 amide bonds. The Hall–Kier alpha value is -1.79. The Morgan fingerprint density at radius 2 is 2.05 bits per heavy atom. The number of aliphatic hydroxyl groups is 1. The van der Waals surface area contributed by atoms with Crippen molar-refractivity contribution in [2.75, 3.05) is 6.67 Å². The monoisotopic (exact) mass is 264 g/mol. The molecule has 1 aromatic heterocycles. The summed E-state index contributed by atoms with van der Waals surface area (Å²) < 4.78 is 13.9. The number of benzene rings is 1. The zero-order valence-corrected chi connectivity index (χ0v) is 10.7. The number of rotatable bonds is 5. The van der Waals surface area contributed by atoms with E-state index in [1.807, 2.05) is 24.3 Å². The summed E-state index contributed by atoms with van der Waals surface area (Å²) in [4.78, 5) is 0. The van der Waals surface area contributed by atoms with Crippen LogP contribution in [0.5, 0.6) is 0 Å². The van der Waals surface area contributed by atoms with Crippen molar-refractivity contribution >= 4 is 0 Å². The molecule has 6 heteroatoms. The number of hydrogen-bond donors (Lipinski definition) is 2. The van der Waals surface area contributed by atoms with Gasteiger partial charge in [0.05, 0.1) is 18.0 Å². The number of hydrogen-bond acceptors (Lipinski definition) is 4. The predicted octanol–water partition coefficient (Wildman–Crippen LogP) is 1.16. The maximum Gasteiger partial charge on any atom is 0.111 e. The van der Waals surface area contributed by atoms with E-state index >= 15 is 0 Å². The van der Waals surface area contributed by atoms with Crippen molar-refractivity contribution < 1.29 is 9.50 Å². The minimum atomic E-state index is -0.643. The number of alkyl halides is 1. The van der Waals surface area contributed by atoms with Gasteiger partial charge in [-0.3, -0.25) is 0 Å². The summed E-state index contributed by atoms with van der Waals surface area (Å²) in [5.74, 6) is 0. The molecule has 3 N–H and O–H groups in total. The fraction of sp³-hybridized carbons (Fsp3) is 0.385. The lowest BCUT2D eigenvalue weighted by molar-refractivity contribution is 0.194. The van der Waals surface area contributed by atoms with Crippen LogP contribution in [0.2, 0.25) is 0 Å². The van der Waals surface area contributed by atoms with Crippen LogP contribution in [0.1, 0.15) is 24.3 Å². The summed E-state index contributed by atoms with van der Waals surface area (Å²) >= 11 is 0. The first-order valence-electron chi connectivity index (χ1n) is 6.11. The quantitative estimate of drug-likeness (QED) is 0.849. The van der Waals surface area contributed by atoms with Gasteiger partial charge in [-0.05, 0) is 31.0 Å². The molecule has 0 aliphatic rings. The Labute approximate surface area is 110 Å². The van der Waals surface area contributed by atoms with Crippen LogP contribution in [0.3, 0.4) is 0 Å². The predicted molar refractivity (Wildman–Crippen MR) is 69.6 cm³/mol. The van der Waals surface area contributed by atoms with Gasteiger partial charge in [-0.25, -0.2) is 9.07 Å². The van der Waals surface area contributed by atoms with Gasteiger partial charge < -0.3 is 10.8 Å². The number of aromatic nitrogens is 3. The molecule has 0 aliphatic carbocycles. The summed E-state index contributed by atoms with van der Waals surface area (Å²) in [6.07, 6.45) is 1.54. The van der Waals surface area contributed by atoms with Gasteiger partial charge in [0.25, 0.3) is 0 Å². The zero-order chi connectivity index (χ0) is 13.8. The van der Waals surface area contributed by atoms with Gasteiger partial charge in [-0.2, -0.15) is 0 Å². The molecule has 1 aromatic carbocycles. The highest BCUT2D eigenvalue weighted by atomic mass is 19.1. The summed E-state index contributed by atoms with van der Waals surface area (Å²) in [5, 5.41) is 17.2. The topological polar surface area (TPSA) is 77.0 Å². The lowest BCUT2D eigenvalue weighted by Crippen LogP contribution is -2.24. The second-order valence-corrected chi connectivity index (χ2v) is 4.55. The molecule has 19 heavy (non-hydrogen) atoms. The molecule has 0 bridgehead atoms. The number of halogens is 1. The molecular weight excluding hydrogens is 247 g/mol. The highest BCUT2D eigenvalue weighted by Gasteiger charge is 2.08. The van der Waals surface area contributed by atoms with Crippen molar-refractivity contribution in [3.8, 4) is 5.69 Å². The fourth-order valence-corrected chi connectivity index (χ4v) is 1.74. The van der Waals surface area contributed by atoms with E-state index in [4.69, 9.17) is 5.73 Å². The van der Waals surface area contributed by atoms with E-state index in [1.54, 1.807) is 17.8 Å².